The predicted octanol–water partition coefficient (Wildman–Crippen LogP) is 4.02. The molecule has 1 aliphatic heterocycles. The maximum absolute atomic E-state index is 11.1. The van der Waals surface area contributed by atoms with E-state index in [1.807, 2.05) is 68.4 Å². The second-order valence-electron chi connectivity index (χ2n) is 6.92. The quantitative estimate of drug-likeness (QED) is 0.785. The van der Waals surface area contributed by atoms with E-state index in [4.69, 9.17) is 9.47 Å². The molecule has 2 atom stereocenters. The van der Waals surface area contributed by atoms with Gasteiger partial charge in [0.25, 0.3) is 0 Å². The van der Waals surface area contributed by atoms with Gasteiger partial charge in [-0.15, -0.1) is 0 Å². The van der Waals surface area contributed by atoms with Crippen LogP contribution in [0.25, 0.3) is 10.9 Å². The summed E-state index contributed by atoms with van der Waals surface area (Å²) < 4.78 is 12.3. The van der Waals surface area contributed by atoms with Crippen molar-refractivity contribution in [3.8, 4) is 5.75 Å². The Kier molecular flexibility index (Phi) is 3.94. The van der Waals surface area contributed by atoms with Crippen LogP contribution < -0.4 is 4.74 Å². The first-order valence-electron chi connectivity index (χ1n) is 8.46. The molecular formula is C21H21NO3. The van der Waals surface area contributed by atoms with Crippen LogP contribution in [-0.2, 0) is 11.3 Å². The second kappa shape index (κ2) is 6.14. The Morgan fingerprint density at radius 1 is 1.08 bits per heavy atom. The zero-order chi connectivity index (χ0) is 17.4. The molecule has 1 N–H and O–H groups in total. The van der Waals surface area contributed by atoms with Crippen molar-refractivity contribution in [2.45, 2.75) is 38.3 Å². The summed E-state index contributed by atoms with van der Waals surface area (Å²) in [4.78, 5) is 4.45. The lowest BCUT2D eigenvalue weighted by molar-refractivity contribution is -0.149. The third-order valence-corrected chi connectivity index (χ3v) is 4.69. The fraction of sp³-hybridized carbons (Fsp3) is 0.286. The lowest BCUT2D eigenvalue weighted by Crippen LogP contribution is -2.50. The number of hydrogen-bond donors (Lipinski definition) is 1. The number of ether oxygens (including phenoxy) is 2. The van der Waals surface area contributed by atoms with Crippen LogP contribution >= 0.6 is 0 Å². The van der Waals surface area contributed by atoms with Crippen molar-refractivity contribution in [3.05, 3.63) is 71.9 Å². The first-order valence-corrected chi connectivity index (χ1v) is 8.46. The van der Waals surface area contributed by atoms with Gasteiger partial charge in [0.15, 0.2) is 0 Å². The molecule has 4 nitrogen and oxygen atoms in total. The highest BCUT2D eigenvalue weighted by Crippen LogP contribution is 2.44. The zero-order valence-corrected chi connectivity index (χ0v) is 14.3. The number of aliphatic hydroxyl groups excluding tert-OH is 1. The molecule has 2 aromatic carbocycles. The minimum atomic E-state index is -0.805. The molecule has 1 aromatic heterocycles. The molecule has 1 aliphatic rings. The Bertz CT molecular complexity index is 892. The monoisotopic (exact) mass is 335 g/mol. The largest absolute Gasteiger partial charge is 0.485 e. The molecule has 2 unspecified atom stereocenters. The maximum Gasteiger partial charge on any atom is 0.132 e. The molecule has 0 saturated heterocycles. The summed E-state index contributed by atoms with van der Waals surface area (Å²) in [5.41, 5.74) is 1.88. The summed E-state index contributed by atoms with van der Waals surface area (Å²) in [6.07, 6.45) is 0.434. The van der Waals surface area contributed by atoms with E-state index >= 15 is 0 Å². The summed E-state index contributed by atoms with van der Waals surface area (Å²) in [6.45, 7) is 4.30. The average molecular weight is 335 g/mol. The highest BCUT2D eigenvalue weighted by atomic mass is 16.6. The molecule has 4 heteroatoms. The summed E-state index contributed by atoms with van der Waals surface area (Å²) in [5.74, 6) is 0.670. The number of aliphatic hydroxyl groups is 1. The van der Waals surface area contributed by atoms with Gasteiger partial charge in [-0.2, -0.15) is 0 Å². The Hall–Kier alpha value is -2.43. The number of hydrogen-bond acceptors (Lipinski definition) is 4. The van der Waals surface area contributed by atoms with Gasteiger partial charge in [0.1, 0.15) is 23.6 Å². The van der Waals surface area contributed by atoms with Gasteiger partial charge in [-0.3, -0.25) is 4.98 Å². The summed E-state index contributed by atoms with van der Waals surface area (Å²) in [7, 11) is 0. The molecule has 0 spiro atoms. The van der Waals surface area contributed by atoms with Crippen molar-refractivity contribution in [2.24, 2.45) is 0 Å². The lowest BCUT2D eigenvalue weighted by atomic mass is 9.87. The third kappa shape index (κ3) is 2.88. The number of fused-ring (bicyclic) bond motifs is 3. The minimum absolute atomic E-state index is 0.420. The van der Waals surface area contributed by atoms with Crippen LogP contribution in [0, 0.1) is 0 Å². The van der Waals surface area contributed by atoms with E-state index in [2.05, 4.69) is 4.98 Å². The van der Waals surface area contributed by atoms with Crippen LogP contribution in [0.4, 0.5) is 0 Å². The van der Waals surface area contributed by atoms with Gasteiger partial charge in [0.05, 0.1) is 17.7 Å². The average Bonchev–Trinajstić information content (AvgIpc) is 2.61. The van der Waals surface area contributed by atoms with Gasteiger partial charge in [0.2, 0.25) is 0 Å². The number of pyridine rings is 1. The Labute approximate surface area is 147 Å². The summed E-state index contributed by atoms with van der Waals surface area (Å²) >= 11 is 0. The molecular weight excluding hydrogens is 314 g/mol. The normalized spacial score (nSPS) is 21.6. The van der Waals surface area contributed by atoms with E-state index in [1.54, 1.807) is 6.20 Å². The van der Waals surface area contributed by atoms with Crippen LogP contribution in [-0.4, -0.2) is 21.8 Å². The Morgan fingerprint density at radius 2 is 1.88 bits per heavy atom. The Morgan fingerprint density at radius 3 is 2.68 bits per heavy atom. The molecule has 4 rings (SSSR count). The van der Waals surface area contributed by atoms with Crippen LogP contribution in [0.3, 0.4) is 0 Å². The zero-order valence-electron chi connectivity index (χ0n) is 14.3. The van der Waals surface area contributed by atoms with Gasteiger partial charge >= 0.3 is 0 Å². The Balaban J connectivity index is 1.70. The van der Waals surface area contributed by atoms with Crippen LogP contribution in [0.15, 0.2) is 60.8 Å². The summed E-state index contributed by atoms with van der Waals surface area (Å²) in [5, 5.41) is 12.1. The van der Waals surface area contributed by atoms with Crippen LogP contribution in [0.5, 0.6) is 5.75 Å². The van der Waals surface area contributed by atoms with Crippen molar-refractivity contribution < 1.29 is 14.6 Å². The molecule has 0 fully saturated rings. The predicted molar refractivity (Wildman–Crippen MR) is 96.4 cm³/mol. The van der Waals surface area contributed by atoms with E-state index < -0.39 is 17.8 Å². The van der Waals surface area contributed by atoms with E-state index in [1.165, 1.54) is 0 Å². The molecule has 25 heavy (non-hydrogen) atoms. The van der Waals surface area contributed by atoms with Crippen molar-refractivity contribution in [1.82, 2.24) is 4.98 Å². The van der Waals surface area contributed by atoms with Gasteiger partial charge in [-0.1, -0.05) is 36.4 Å². The fourth-order valence-corrected chi connectivity index (χ4v) is 3.45. The van der Waals surface area contributed by atoms with E-state index in [9.17, 15) is 5.11 Å². The highest BCUT2D eigenvalue weighted by molar-refractivity contribution is 5.84. The SMILES string of the molecule is CC1(C)Oc2ccc3cccnc3c2C(O)C1OCc1ccccc1. The standard InChI is InChI=1S/C21H21NO3/c1-21(2)20(24-13-14-7-4-3-5-8-14)19(23)17-16(25-21)11-10-15-9-6-12-22-18(15)17/h3-12,19-20,23H,13H2,1-2H3. The molecule has 0 saturated carbocycles. The van der Waals surface area contributed by atoms with E-state index in [0.717, 1.165) is 16.5 Å². The third-order valence-electron chi connectivity index (χ3n) is 4.69. The smallest absolute Gasteiger partial charge is 0.132 e. The molecule has 128 valence electrons. The molecule has 3 aromatic rings. The number of aromatic nitrogens is 1. The topological polar surface area (TPSA) is 51.6 Å². The number of benzene rings is 2. The van der Waals surface area contributed by atoms with Gasteiger partial charge in [-0.05, 0) is 37.6 Å². The van der Waals surface area contributed by atoms with Crippen molar-refractivity contribution in [1.29, 1.82) is 0 Å². The first-order chi connectivity index (χ1) is 12.1. The number of rotatable bonds is 3. The molecule has 0 radical (unpaired) electrons. The van der Waals surface area contributed by atoms with Crippen molar-refractivity contribution in [3.63, 3.8) is 0 Å². The molecule has 2 heterocycles. The van der Waals surface area contributed by atoms with Gasteiger partial charge in [0, 0.05) is 11.6 Å². The van der Waals surface area contributed by atoms with Crippen molar-refractivity contribution in [2.75, 3.05) is 0 Å². The van der Waals surface area contributed by atoms with Gasteiger partial charge < -0.3 is 14.6 Å². The molecule has 0 aliphatic carbocycles. The highest BCUT2D eigenvalue weighted by Gasteiger charge is 2.45. The minimum Gasteiger partial charge on any atom is -0.485 e. The number of nitrogens with zero attached hydrogens (tertiary/aromatic N) is 1. The van der Waals surface area contributed by atoms with Gasteiger partial charge in [-0.25, -0.2) is 0 Å². The molecule has 0 bridgehead atoms. The van der Waals surface area contributed by atoms with E-state index in [-0.39, 0.29) is 0 Å². The van der Waals surface area contributed by atoms with Crippen LogP contribution in [0.1, 0.15) is 31.1 Å². The fourth-order valence-electron chi connectivity index (χ4n) is 3.45. The maximum atomic E-state index is 11.1. The molecule has 0 amide bonds. The second-order valence-corrected chi connectivity index (χ2v) is 6.92. The van der Waals surface area contributed by atoms with Crippen molar-refractivity contribution >= 4 is 10.9 Å². The van der Waals surface area contributed by atoms with Crippen LogP contribution in [0.2, 0.25) is 0 Å². The van der Waals surface area contributed by atoms with E-state index in [0.29, 0.717) is 17.9 Å². The lowest BCUT2D eigenvalue weighted by Gasteiger charge is -2.42. The first kappa shape index (κ1) is 16.1. The summed E-state index contributed by atoms with van der Waals surface area (Å²) in [6, 6.07) is 17.7.